The molecule has 0 aromatic heterocycles. The van der Waals surface area contributed by atoms with Crippen LogP contribution in [-0.4, -0.2) is 22.2 Å². The zero-order valence-corrected chi connectivity index (χ0v) is 11.5. The van der Waals surface area contributed by atoms with Gasteiger partial charge in [-0.15, -0.1) is 0 Å². The minimum atomic E-state index is -0.738. The third-order valence-corrected chi connectivity index (χ3v) is 3.57. The molecule has 4 nitrogen and oxygen atoms in total. The van der Waals surface area contributed by atoms with E-state index in [0.717, 1.165) is 38.5 Å². The monoisotopic (exact) mass is 258 g/mol. The highest BCUT2D eigenvalue weighted by atomic mass is 16.4. The second-order valence-corrected chi connectivity index (χ2v) is 4.87. The van der Waals surface area contributed by atoms with Crippen molar-refractivity contribution in [1.82, 2.24) is 0 Å². The Labute approximate surface area is 109 Å². The molecule has 106 valence electrons. The highest BCUT2D eigenvalue weighted by Gasteiger charge is 2.24. The molecule has 0 saturated carbocycles. The molecule has 0 rings (SSSR count). The van der Waals surface area contributed by atoms with E-state index < -0.39 is 11.9 Å². The molecule has 2 N–H and O–H groups in total. The van der Waals surface area contributed by atoms with Crippen LogP contribution in [0.3, 0.4) is 0 Å². The maximum atomic E-state index is 11.1. The lowest BCUT2D eigenvalue weighted by Gasteiger charge is -2.21. The summed E-state index contributed by atoms with van der Waals surface area (Å²) in [6.07, 6.45) is 6.42. The van der Waals surface area contributed by atoms with Crippen molar-refractivity contribution in [3.8, 4) is 0 Å². The van der Waals surface area contributed by atoms with Gasteiger partial charge in [0.25, 0.3) is 0 Å². The van der Waals surface area contributed by atoms with Crippen molar-refractivity contribution in [3.05, 3.63) is 0 Å². The van der Waals surface area contributed by atoms with Crippen molar-refractivity contribution in [1.29, 1.82) is 0 Å². The maximum absolute atomic E-state index is 11.1. The Morgan fingerprint density at radius 2 is 1.56 bits per heavy atom. The molecule has 0 bridgehead atoms. The number of carboxylic acid groups (broad SMARTS) is 2. The molecule has 0 saturated heterocycles. The van der Waals surface area contributed by atoms with Crippen LogP contribution >= 0.6 is 0 Å². The predicted molar refractivity (Wildman–Crippen MR) is 70.5 cm³/mol. The van der Waals surface area contributed by atoms with Crippen molar-refractivity contribution in [2.24, 2.45) is 11.8 Å². The summed E-state index contributed by atoms with van der Waals surface area (Å²) in [4.78, 5) is 21.4. The summed E-state index contributed by atoms with van der Waals surface area (Å²) < 4.78 is 0. The number of hydrogen-bond acceptors (Lipinski definition) is 2. The smallest absolute Gasteiger partial charge is 0.306 e. The number of carbonyl (C=O) groups is 2. The predicted octanol–water partition coefficient (Wildman–Crippen LogP) is 3.55. The molecule has 0 fully saturated rings. The molecular weight excluding hydrogens is 232 g/mol. The van der Waals surface area contributed by atoms with Crippen LogP contribution in [0.4, 0.5) is 0 Å². The fourth-order valence-electron chi connectivity index (χ4n) is 2.44. The first-order valence-corrected chi connectivity index (χ1v) is 6.97. The van der Waals surface area contributed by atoms with E-state index in [1.807, 2.05) is 13.8 Å². The van der Waals surface area contributed by atoms with E-state index in [0.29, 0.717) is 6.42 Å². The van der Waals surface area contributed by atoms with Crippen molar-refractivity contribution < 1.29 is 19.8 Å². The van der Waals surface area contributed by atoms with Gasteiger partial charge >= 0.3 is 11.9 Å². The number of hydrogen-bond donors (Lipinski definition) is 2. The number of aliphatic carboxylic acids is 2. The molecule has 0 radical (unpaired) electrons. The molecule has 0 aromatic rings. The Bertz CT molecular complexity index is 250. The highest BCUT2D eigenvalue weighted by molar-refractivity contribution is 5.70. The first kappa shape index (κ1) is 16.9. The zero-order valence-electron chi connectivity index (χ0n) is 11.5. The van der Waals surface area contributed by atoms with E-state index in [1.165, 1.54) is 0 Å². The number of carboxylic acids is 2. The number of rotatable bonds is 11. The standard InChI is InChI=1S/C14H26O4/c1-3-11(12(4-2)14(17)18)9-7-5-6-8-10-13(15)16/h11-12H,3-10H2,1-2H3,(H,15,16)(H,17,18). The molecule has 4 heteroatoms. The lowest BCUT2D eigenvalue weighted by molar-refractivity contribution is -0.144. The van der Waals surface area contributed by atoms with Crippen molar-refractivity contribution in [2.75, 3.05) is 0 Å². The lowest BCUT2D eigenvalue weighted by Crippen LogP contribution is -2.22. The second-order valence-electron chi connectivity index (χ2n) is 4.87. The van der Waals surface area contributed by atoms with Gasteiger partial charge in [-0.1, -0.05) is 39.5 Å². The Morgan fingerprint density at radius 3 is 2.00 bits per heavy atom. The molecule has 2 atom stereocenters. The summed E-state index contributed by atoms with van der Waals surface area (Å²) in [5.41, 5.74) is 0. The quantitative estimate of drug-likeness (QED) is 0.556. The molecule has 2 unspecified atom stereocenters. The second kappa shape index (κ2) is 9.92. The summed E-state index contributed by atoms with van der Waals surface area (Å²) in [6.45, 7) is 3.97. The van der Waals surface area contributed by atoms with Crippen molar-refractivity contribution in [3.63, 3.8) is 0 Å². The van der Waals surface area contributed by atoms with Crippen LogP contribution < -0.4 is 0 Å². The van der Waals surface area contributed by atoms with Crippen LogP contribution in [0.25, 0.3) is 0 Å². The Balaban J connectivity index is 3.80. The summed E-state index contributed by atoms with van der Waals surface area (Å²) in [5.74, 6) is -1.39. The van der Waals surface area contributed by atoms with Crippen LogP contribution in [0.1, 0.15) is 65.2 Å². The van der Waals surface area contributed by atoms with Gasteiger partial charge in [-0.3, -0.25) is 9.59 Å². The van der Waals surface area contributed by atoms with Crippen LogP contribution in [0.5, 0.6) is 0 Å². The van der Waals surface area contributed by atoms with E-state index in [9.17, 15) is 9.59 Å². The maximum Gasteiger partial charge on any atom is 0.306 e. The van der Waals surface area contributed by atoms with Gasteiger partial charge in [-0.2, -0.15) is 0 Å². The Morgan fingerprint density at radius 1 is 0.944 bits per heavy atom. The summed E-state index contributed by atoms with van der Waals surface area (Å²) >= 11 is 0. The van der Waals surface area contributed by atoms with Crippen LogP contribution in [0, 0.1) is 11.8 Å². The summed E-state index contributed by atoms with van der Waals surface area (Å²) in [5, 5.41) is 17.6. The van der Waals surface area contributed by atoms with Crippen LogP contribution in [0.2, 0.25) is 0 Å². The minimum Gasteiger partial charge on any atom is -0.481 e. The van der Waals surface area contributed by atoms with Gasteiger partial charge in [0, 0.05) is 6.42 Å². The van der Waals surface area contributed by atoms with Gasteiger partial charge in [-0.25, -0.2) is 0 Å². The van der Waals surface area contributed by atoms with Gasteiger partial charge < -0.3 is 10.2 Å². The summed E-state index contributed by atoms with van der Waals surface area (Å²) in [6, 6.07) is 0. The van der Waals surface area contributed by atoms with E-state index in [-0.39, 0.29) is 18.3 Å². The van der Waals surface area contributed by atoms with Crippen molar-refractivity contribution in [2.45, 2.75) is 65.2 Å². The number of unbranched alkanes of at least 4 members (excludes halogenated alkanes) is 3. The fourth-order valence-corrected chi connectivity index (χ4v) is 2.44. The molecule has 0 aliphatic rings. The fraction of sp³-hybridized carbons (Fsp3) is 0.857. The van der Waals surface area contributed by atoms with E-state index in [1.54, 1.807) is 0 Å². The van der Waals surface area contributed by atoms with E-state index >= 15 is 0 Å². The molecule has 0 aliphatic carbocycles. The molecule has 0 amide bonds. The SMILES string of the molecule is CCC(CCCCCCC(=O)O)C(CC)C(=O)O. The Kier molecular flexibility index (Phi) is 9.33. The average Bonchev–Trinajstić information content (AvgIpc) is 2.31. The first-order valence-electron chi connectivity index (χ1n) is 6.97. The minimum absolute atomic E-state index is 0.228. The van der Waals surface area contributed by atoms with Gasteiger partial charge in [0.15, 0.2) is 0 Å². The molecule has 0 aromatic carbocycles. The van der Waals surface area contributed by atoms with Gasteiger partial charge in [0.1, 0.15) is 0 Å². The molecule has 0 aliphatic heterocycles. The first-order chi connectivity index (χ1) is 8.52. The lowest BCUT2D eigenvalue weighted by atomic mass is 9.84. The molecular formula is C14H26O4. The van der Waals surface area contributed by atoms with Crippen LogP contribution in [0.15, 0.2) is 0 Å². The van der Waals surface area contributed by atoms with Gasteiger partial charge in [0.2, 0.25) is 0 Å². The summed E-state index contributed by atoms with van der Waals surface area (Å²) in [7, 11) is 0. The van der Waals surface area contributed by atoms with Gasteiger partial charge in [-0.05, 0) is 25.2 Å². The zero-order chi connectivity index (χ0) is 14.0. The third-order valence-electron chi connectivity index (χ3n) is 3.57. The topological polar surface area (TPSA) is 74.6 Å². The molecule has 18 heavy (non-hydrogen) atoms. The normalized spacial score (nSPS) is 14.1. The van der Waals surface area contributed by atoms with Crippen molar-refractivity contribution >= 4 is 11.9 Å². The molecule has 0 spiro atoms. The third kappa shape index (κ3) is 7.30. The van der Waals surface area contributed by atoms with E-state index in [4.69, 9.17) is 10.2 Å². The van der Waals surface area contributed by atoms with E-state index in [2.05, 4.69) is 0 Å². The highest BCUT2D eigenvalue weighted by Crippen LogP contribution is 2.25. The van der Waals surface area contributed by atoms with Gasteiger partial charge in [0.05, 0.1) is 5.92 Å². The average molecular weight is 258 g/mol. The van der Waals surface area contributed by atoms with Crippen LogP contribution in [-0.2, 0) is 9.59 Å². The largest absolute Gasteiger partial charge is 0.481 e. The Hall–Kier alpha value is -1.06. The molecule has 0 heterocycles.